The molecule has 5 nitrogen and oxygen atoms in total. The second-order valence-corrected chi connectivity index (χ2v) is 6.56. The van der Waals surface area contributed by atoms with Gasteiger partial charge in [0.1, 0.15) is 5.76 Å². The SMILES string of the molecule is CN(C)[C@@H](CNC(=O)NCc1ccc(Cl)s1)c1ccco1. The first kappa shape index (κ1) is 15.9. The van der Waals surface area contributed by atoms with Gasteiger partial charge in [0.25, 0.3) is 0 Å². The van der Waals surface area contributed by atoms with E-state index in [9.17, 15) is 4.79 Å². The Bertz CT molecular complexity index is 569. The molecule has 21 heavy (non-hydrogen) atoms. The Morgan fingerprint density at radius 2 is 2.19 bits per heavy atom. The van der Waals surface area contributed by atoms with E-state index in [0.29, 0.717) is 13.1 Å². The molecule has 1 atom stereocenters. The van der Waals surface area contributed by atoms with E-state index in [-0.39, 0.29) is 12.1 Å². The first-order valence-electron chi connectivity index (χ1n) is 6.52. The fraction of sp³-hybridized carbons (Fsp3) is 0.357. The molecule has 0 saturated heterocycles. The predicted molar refractivity (Wildman–Crippen MR) is 84.7 cm³/mol. The molecule has 0 saturated carbocycles. The average Bonchev–Trinajstić information content (AvgIpc) is 3.08. The van der Waals surface area contributed by atoms with Crippen LogP contribution in [0.4, 0.5) is 4.79 Å². The van der Waals surface area contributed by atoms with Gasteiger partial charge in [0.2, 0.25) is 0 Å². The second-order valence-electron chi connectivity index (χ2n) is 4.76. The molecule has 2 aromatic heterocycles. The molecule has 0 radical (unpaired) electrons. The van der Waals surface area contributed by atoms with Gasteiger partial charge in [-0.1, -0.05) is 11.6 Å². The maximum atomic E-state index is 11.8. The van der Waals surface area contributed by atoms with Crippen LogP contribution in [-0.2, 0) is 6.54 Å². The maximum absolute atomic E-state index is 11.8. The minimum Gasteiger partial charge on any atom is -0.468 e. The molecule has 0 spiro atoms. The summed E-state index contributed by atoms with van der Waals surface area (Å²) in [6, 6.07) is 7.25. The molecule has 0 aliphatic carbocycles. The molecule has 0 aromatic carbocycles. The number of hydrogen-bond donors (Lipinski definition) is 2. The number of rotatable bonds is 6. The van der Waals surface area contributed by atoms with Gasteiger partial charge in [-0.3, -0.25) is 4.90 Å². The zero-order valence-corrected chi connectivity index (χ0v) is 13.5. The summed E-state index contributed by atoms with van der Waals surface area (Å²) in [6.07, 6.45) is 1.63. The van der Waals surface area contributed by atoms with Crippen molar-refractivity contribution in [3.8, 4) is 0 Å². The lowest BCUT2D eigenvalue weighted by Gasteiger charge is -2.22. The lowest BCUT2D eigenvalue weighted by molar-refractivity contribution is 0.225. The highest BCUT2D eigenvalue weighted by molar-refractivity contribution is 7.16. The van der Waals surface area contributed by atoms with Gasteiger partial charge < -0.3 is 15.1 Å². The van der Waals surface area contributed by atoms with Crippen molar-refractivity contribution in [2.45, 2.75) is 12.6 Å². The molecule has 0 unspecified atom stereocenters. The molecule has 7 heteroatoms. The number of urea groups is 1. The van der Waals surface area contributed by atoms with Gasteiger partial charge >= 0.3 is 6.03 Å². The quantitative estimate of drug-likeness (QED) is 0.857. The normalized spacial score (nSPS) is 12.4. The van der Waals surface area contributed by atoms with Crippen LogP contribution in [0.25, 0.3) is 0 Å². The average molecular weight is 328 g/mol. The number of nitrogens with one attached hydrogen (secondary N) is 2. The summed E-state index contributed by atoms with van der Waals surface area (Å²) in [5.74, 6) is 0.824. The molecule has 2 heterocycles. The lowest BCUT2D eigenvalue weighted by Crippen LogP contribution is -2.40. The Kier molecular flexibility index (Phi) is 5.67. The molecule has 0 aliphatic heterocycles. The largest absolute Gasteiger partial charge is 0.468 e. The number of carbonyl (C=O) groups is 1. The Morgan fingerprint density at radius 3 is 2.76 bits per heavy atom. The van der Waals surface area contributed by atoms with Crippen molar-refractivity contribution in [1.29, 1.82) is 0 Å². The van der Waals surface area contributed by atoms with E-state index in [4.69, 9.17) is 16.0 Å². The van der Waals surface area contributed by atoms with Crippen molar-refractivity contribution in [1.82, 2.24) is 15.5 Å². The number of amides is 2. The Hall–Kier alpha value is -1.50. The van der Waals surface area contributed by atoms with Gasteiger partial charge in [0, 0.05) is 11.4 Å². The summed E-state index contributed by atoms with van der Waals surface area (Å²) < 4.78 is 6.12. The fourth-order valence-electron chi connectivity index (χ4n) is 1.88. The fourth-order valence-corrected chi connectivity index (χ4v) is 2.91. The summed E-state index contributed by atoms with van der Waals surface area (Å²) in [5, 5.41) is 5.65. The van der Waals surface area contributed by atoms with Crippen LogP contribution in [0.5, 0.6) is 0 Å². The van der Waals surface area contributed by atoms with Gasteiger partial charge in [-0.2, -0.15) is 0 Å². The number of furan rings is 1. The van der Waals surface area contributed by atoms with Crippen molar-refractivity contribution in [3.05, 3.63) is 45.5 Å². The number of halogens is 1. The highest BCUT2D eigenvalue weighted by Gasteiger charge is 2.17. The van der Waals surface area contributed by atoms with Crippen molar-refractivity contribution >= 4 is 29.0 Å². The topological polar surface area (TPSA) is 57.5 Å². The third-order valence-corrected chi connectivity index (χ3v) is 4.23. The number of likely N-dealkylation sites (N-methyl/N-ethyl adjacent to an activating group) is 1. The first-order chi connectivity index (χ1) is 10.1. The van der Waals surface area contributed by atoms with Crippen LogP contribution in [-0.4, -0.2) is 31.6 Å². The second kappa shape index (κ2) is 7.49. The first-order valence-corrected chi connectivity index (χ1v) is 7.71. The van der Waals surface area contributed by atoms with Gasteiger partial charge in [0.15, 0.2) is 0 Å². The summed E-state index contributed by atoms with van der Waals surface area (Å²) >= 11 is 7.30. The number of carbonyl (C=O) groups excluding carboxylic acids is 1. The molecule has 2 aromatic rings. The molecular formula is C14H18ClN3O2S. The van der Waals surface area contributed by atoms with Crippen molar-refractivity contribution < 1.29 is 9.21 Å². The van der Waals surface area contributed by atoms with Crippen LogP contribution in [0.15, 0.2) is 34.9 Å². The molecule has 0 aliphatic rings. The van der Waals surface area contributed by atoms with Crippen LogP contribution >= 0.6 is 22.9 Å². The summed E-state index contributed by atoms with van der Waals surface area (Å²) in [7, 11) is 3.89. The molecular weight excluding hydrogens is 310 g/mol. The van der Waals surface area contributed by atoms with E-state index in [0.717, 1.165) is 15.0 Å². The highest BCUT2D eigenvalue weighted by atomic mass is 35.5. The summed E-state index contributed by atoms with van der Waals surface area (Å²) in [6.45, 7) is 0.939. The standard InChI is InChI=1S/C14H18ClN3O2S/c1-18(2)11(12-4-3-7-20-12)9-17-14(19)16-8-10-5-6-13(15)21-10/h3-7,11H,8-9H2,1-2H3,(H2,16,17,19)/t11-/m0/s1. The van der Waals surface area contributed by atoms with Crippen molar-refractivity contribution in [2.24, 2.45) is 0 Å². The van der Waals surface area contributed by atoms with Gasteiger partial charge in [-0.25, -0.2) is 4.79 Å². The van der Waals surface area contributed by atoms with Crippen LogP contribution in [0.1, 0.15) is 16.7 Å². The Labute approximate surface area is 132 Å². The Balaban J connectivity index is 1.79. The summed E-state index contributed by atoms with van der Waals surface area (Å²) in [4.78, 5) is 14.8. The van der Waals surface area contributed by atoms with E-state index >= 15 is 0 Å². The van der Waals surface area contributed by atoms with E-state index in [2.05, 4.69) is 10.6 Å². The van der Waals surface area contributed by atoms with Gasteiger partial charge in [-0.05, 0) is 38.4 Å². The third-order valence-electron chi connectivity index (χ3n) is 3.00. The van der Waals surface area contributed by atoms with Gasteiger partial charge in [0.05, 0.1) is 23.2 Å². The maximum Gasteiger partial charge on any atom is 0.315 e. The van der Waals surface area contributed by atoms with Crippen LogP contribution in [0, 0.1) is 0 Å². The number of thiophene rings is 1. The van der Waals surface area contributed by atoms with E-state index in [1.54, 1.807) is 6.26 Å². The Morgan fingerprint density at radius 1 is 1.38 bits per heavy atom. The summed E-state index contributed by atoms with van der Waals surface area (Å²) in [5.41, 5.74) is 0. The van der Waals surface area contributed by atoms with Crippen molar-refractivity contribution in [2.75, 3.05) is 20.6 Å². The number of nitrogens with zero attached hydrogens (tertiary/aromatic N) is 1. The van der Waals surface area contributed by atoms with E-state index in [1.807, 2.05) is 43.3 Å². The lowest BCUT2D eigenvalue weighted by atomic mass is 10.2. The molecule has 2 amide bonds. The molecule has 0 fully saturated rings. The predicted octanol–water partition coefficient (Wildman–Crippen LogP) is 3.10. The molecule has 2 rings (SSSR count). The van der Waals surface area contributed by atoms with Crippen LogP contribution in [0.2, 0.25) is 4.34 Å². The van der Waals surface area contributed by atoms with Crippen LogP contribution in [0.3, 0.4) is 0 Å². The minimum absolute atomic E-state index is 0.00179. The molecule has 0 bridgehead atoms. The molecule has 114 valence electrons. The zero-order valence-electron chi connectivity index (χ0n) is 11.9. The van der Waals surface area contributed by atoms with E-state index in [1.165, 1.54) is 11.3 Å². The molecule has 2 N–H and O–H groups in total. The monoisotopic (exact) mass is 327 g/mol. The van der Waals surface area contributed by atoms with E-state index < -0.39 is 0 Å². The number of hydrogen-bond acceptors (Lipinski definition) is 4. The van der Waals surface area contributed by atoms with Crippen LogP contribution < -0.4 is 10.6 Å². The third kappa shape index (κ3) is 4.77. The smallest absolute Gasteiger partial charge is 0.315 e. The van der Waals surface area contributed by atoms with Gasteiger partial charge in [-0.15, -0.1) is 11.3 Å². The van der Waals surface area contributed by atoms with Crippen molar-refractivity contribution in [3.63, 3.8) is 0 Å². The highest BCUT2D eigenvalue weighted by Crippen LogP contribution is 2.21. The minimum atomic E-state index is -0.210. The zero-order chi connectivity index (χ0) is 15.2.